The van der Waals surface area contributed by atoms with Crippen molar-refractivity contribution in [3.63, 3.8) is 0 Å². The van der Waals surface area contributed by atoms with E-state index in [-0.39, 0.29) is 0 Å². The second-order valence-electron chi connectivity index (χ2n) is 2.89. The summed E-state index contributed by atoms with van der Waals surface area (Å²) in [5.74, 6) is 0. The van der Waals surface area contributed by atoms with Gasteiger partial charge in [0.25, 0.3) is 0 Å². The summed E-state index contributed by atoms with van der Waals surface area (Å²) in [4.78, 5) is 0. The fourth-order valence-electron chi connectivity index (χ4n) is 1.82. The highest BCUT2D eigenvalue weighted by atomic mass is 16.5. The molecule has 2 aromatic rings. The standard InChI is InChI=1S/C8H2N2O2/c1-3-5-4-2-10-12-8(4)6(5)7(3)11-9-1/h1-2H. The number of nitrogens with zero attached hydrogens (tertiary/aromatic N) is 2. The summed E-state index contributed by atoms with van der Waals surface area (Å²) in [6.07, 6.45) is 3.45. The molecule has 0 aromatic carbocycles. The molecule has 0 radical (unpaired) electrons. The average Bonchev–Trinajstić information content (AvgIpc) is 2.58. The first kappa shape index (κ1) is 4.92. The normalized spacial score (nSPS) is 13.0. The van der Waals surface area contributed by atoms with E-state index in [1.165, 1.54) is 5.22 Å². The van der Waals surface area contributed by atoms with Crippen molar-refractivity contribution in [3.05, 3.63) is 22.8 Å². The Morgan fingerprint density at radius 2 is 1.42 bits per heavy atom. The van der Waals surface area contributed by atoms with E-state index >= 15 is 0 Å². The predicted molar refractivity (Wildman–Crippen MR) is 39.2 cm³/mol. The Hall–Kier alpha value is -1.84. The van der Waals surface area contributed by atoms with Crippen molar-refractivity contribution in [2.45, 2.75) is 0 Å². The molecule has 0 fully saturated rings. The highest BCUT2D eigenvalue weighted by Crippen LogP contribution is 2.36. The first-order chi connectivity index (χ1) is 5.97. The highest BCUT2D eigenvalue weighted by Gasteiger charge is 2.23. The summed E-state index contributed by atoms with van der Waals surface area (Å²) in [5, 5.41) is 11.8. The van der Waals surface area contributed by atoms with Gasteiger partial charge in [0.2, 0.25) is 0 Å². The lowest BCUT2D eigenvalue weighted by atomic mass is 9.97. The molecule has 0 N–H and O–H groups in total. The summed E-state index contributed by atoms with van der Waals surface area (Å²) in [6, 6.07) is 0. The molecule has 0 saturated carbocycles. The van der Waals surface area contributed by atoms with Gasteiger partial charge < -0.3 is 9.05 Å². The topological polar surface area (TPSA) is 52.1 Å². The van der Waals surface area contributed by atoms with E-state index in [4.69, 9.17) is 9.05 Å². The summed E-state index contributed by atoms with van der Waals surface area (Å²) < 4.78 is 10.0. The monoisotopic (exact) mass is 158 g/mol. The quantitative estimate of drug-likeness (QED) is 0.389. The van der Waals surface area contributed by atoms with E-state index in [1.54, 1.807) is 12.4 Å². The third-order valence-electron chi connectivity index (χ3n) is 2.38. The van der Waals surface area contributed by atoms with Crippen molar-refractivity contribution < 1.29 is 9.05 Å². The first-order valence-electron chi connectivity index (χ1n) is 3.62. The summed E-state index contributed by atoms with van der Waals surface area (Å²) in [5.41, 5.74) is 1.68. The first-order valence-corrected chi connectivity index (χ1v) is 3.62. The predicted octanol–water partition coefficient (Wildman–Crippen LogP) is 1.57. The lowest BCUT2D eigenvalue weighted by Gasteiger charge is -2.03. The van der Waals surface area contributed by atoms with Crippen LogP contribution in [0.2, 0.25) is 0 Å². The van der Waals surface area contributed by atoms with Crippen molar-refractivity contribution in [1.29, 1.82) is 0 Å². The number of hydrogen-bond donors (Lipinski definition) is 0. The SMILES string of the molecule is c1noc2c3c4oncc4c=3c12. The van der Waals surface area contributed by atoms with E-state index in [9.17, 15) is 0 Å². The van der Waals surface area contributed by atoms with Gasteiger partial charge in [-0.25, -0.2) is 0 Å². The van der Waals surface area contributed by atoms with Gasteiger partial charge in [0.15, 0.2) is 11.2 Å². The van der Waals surface area contributed by atoms with Crippen LogP contribution in [0.1, 0.15) is 0 Å². The number of aromatic nitrogens is 2. The average molecular weight is 158 g/mol. The summed E-state index contributed by atoms with van der Waals surface area (Å²) >= 11 is 0. The molecule has 0 amide bonds. The van der Waals surface area contributed by atoms with Crippen LogP contribution in [0.3, 0.4) is 0 Å². The smallest absolute Gasteiger partial charge is 0.179 e. The van der Waals surface area contributed by atoms with Crippen LogP contribution in [-0.2, 0) is 0 Å². The van der Waals surface area contributed by atoms with Crippen molar-refractivity contribution in [2.24, 2.45) is 0 Å². The minimum absolute atomic E-state index is 0.842. The van der Waals surface area contributed by atoms with E-state index in [0.717, 1.165) is 27.2 Å². The molecule has 2 heterocycles. The zero-order valence-corrected chi connectivity index (χ0v) is 5.87. The third kappa shape index (κ3) is 0.287. The fraction of sp³-hybridized carbons (Fsp3) is 0. The fourth-order valence-corrected chi connectivity index (χ4v) is 1.82. The second kappa shape index (κ2) is 1.24. The van der Waals surface area contributed by atoms with Gasteiger partial charge in [-0.3, -0.25) is 0 Å². The highest BCUT2D eigenvalue weighted by molar-refractivity contribution is 6.03. The van der Waals surface area contributed by atoms with Crippen LogP contribution in [0.4, 0.5) is 0 Å². The molecular weight excluding hydrogens is 156 g/mol. The molecule has 0 unspecified atom stereocenters. The molecule has 2 aliphatic rings. The molecule has 12 heavy (non-hydrogen) atoms. The van der Waals surface area contributed by atoms with Crippen molar-refractivity contribution in [3.8, 4) is 0 Å². The molecule has 0 aliphatic heterocycles. The van der Waals surface area contributed by atoms with E-state index in [2.05, 4.69) is 10.3 Å². The minimum Gasteiger partial charge on any atom is -0.355 e. The Labute approximate surface area is 65.0 Å². The maximum Gasteiger partial charge on any atom is 0.179 e. The molecule has 0 spiro atoms. The molecule has 4 rings (SSSR count). The second-order valence-corrected chi connectivity index (χ2v) is 2.89. The molecule has 0 atom stereocenters. The number of benzene rings is 1. The van der Waals surface area contributed by atoms with Crippen LogP contribution in [0.5, 0.6) is 0 Å². The number of fused-ring (bicyclic) bond motifs is 6. The Bertz CT molecular complexity index is 593. The largest absolute Gasteiger partial charge is 0.355 e. The van der Waals surface area contributed by atoms with E-state index in [0.29, 0.717) is 0 Å². The van der Waals surface area contributed by atoms with Crippen LogP contribution in [0, 0.1) is 10.4 Å². The maximum atomic E-state index is 5.02. The van der Waals surface area contributed by atoms with Crippen molar-refractivity contribution in [1.82, 2.24) is 10.3 Å². The van der Waals surface area contributed by atoms with Gasteiger partial charge in [-0.15, -0.1) is 0 Å². The van der Waals surface area contributed by atoms with Gasteiger partial charge in [0.1, 0.15) is 0 Å². The molecule has 4 nitrogen and oxygen atoms in total. The molecule has 0 bridgehead atoms. The molecule has 0 saturated heterocycles. The maximum absolute atomic E-state index is 5.02. The summed E-state index contributed by atoms with van der Waals surface area (Å²) in [7, 11) is 0. The Morgan fingerprint density at radius 1 is 0.833 bits per heavy atom. The third-order valence-corrected chi connectivity index (χ3v) is 2.38. The molecule has 2 aromatic heterocycles. The number of rotatable bonds is 0. The van der Waals surface area contributed by atoms with Crippen molar-refractivity contribution >= 4 is 21.9 Å². The lowest BCUT2D eigenvalue weighted by molar-refractivity contribution is 0.444. The molecular formula is C8H2N2O2. The van der Waals surface area contributed by atoms with Gasteiger partial charge in [-0.2, -0.15) is 0 Å². The van der Waals surface area contributed by atoms with Gasteiger partial charge in [0, 0.05) is 5.22 Å². The van der Waals surface area contributed by atoms with Crippen molar-refractivity contribution in [2.75, 3.05) is 0 Å². The molecule has 4 heteroatoms. The lowest BCUT2D eigenvalue weighted by Crippen LogP contribution is -1.89. The summed E-state index contributed by atoms with van der Waals surface area (Å²) in [6.45, 7) is 0. The Balaban J connectivity index is 2.55. The van der Waals surface area contributed by atoms with E-state index in [1.807, 2.05) is 0 Å². The van der Waals surface area contributed by atoms with Crippen LogP contribution in [0.15, 0.2) is 21.4 Å². The van der Waals surface area contributed by atoms with Crippen LogP contribution in [-0.4, -0.2) is 10.3 Å². The molecule has 2 aliphatic carbocycles. The Kier molecular flexibility index (Phi) is 0.509. The van der Waals surface area contributed by atoms with Crippen LogP contribution in [0.25, 0.3) is 21.9 Å². The zero-order valence-electron chi connectivity index (χ0n) is 5.87. The molecule has 56 valence electrons. The zero-order chi connectivity index (χ0) is 7.71. The van der Waals surface area contributed by atoms with Gasteiger partial charge in [-0.05, 0) is 0 Å². The number of hydrogen-bond acceptors (Lipinski definition) is 4. The van der Waals surface area contributed by atoms with Gasteiger partial charge in [0.05, 0.1) is 28.4 Å². The Morgan fingerprint density at radius 3 is 2.00 bits per heavy atom. The minimum atomic E-state index is 0.842. The van der Waals surface area contributed by atoms with Crippen LogP contribution < -0.4 is 0 Å². The van der Waals surface area contributed by atoms with Gasteiger partial charge >= 0.3 is 0 Å². The van der Waals surface area contributed by atoms with E-state index < -0.39 is 0 Å². The van der Waals surface area contributed by atoms with Crippen LogP contribution >= 0.6 is 0 Å². The van der Waals surface area contributed by atoms with Gasteiger partial charge in [-0.1, -0.05) is 10.3 Å².